The Labute approximate surface area is 349 Å². The number of β-amino-alcohol motifs (C(OH)–C–C–N with tert-alkyl or cyclic N) is 2. The molecule has 7 rings (SSSR count). The van der Waals surface area contributed by atoms with E-state index < -0.39 is 59.5 Å². The van der Waals surface area contributed by atoms with E-state index in [2.05, 4.69) is 6.07 Å². The zero-order valence-corrected chi connectivity index (χ0v) is 34.9. The van der Waals surface area contributed by atoms with Gasteiger partial charge in [-0.3, -0.25) is 13.7 Å². The fraction of sp³-hybridized carbons (Fsp3) is 0.250. The number of anilines is 1. The Hall–Kier alpha value is -5.04. The van der Waals surface area contributed by atoms with Crippen molar-refractivity contribution in [3.63, 3.8) is 0 Å². The van der Waals surface area contributed by atoms with Crippen molar-refractivity contribution in [3.8, 4) is 0 Å². The predicted molar refractivity (Wildman–Crippen MR) is 229 cm³/mol. The summed E-state index contributed by atoms with van der Waals surface area (Å²) < 4.78 is 103. The van der Waals surface area contributed by atoms with E-state index in [9.17, 15) is 49.1 Å². The third kappa shape index (κ3) is 8.87. The highest BCUT2D eigenvalue weighted by Crippen LogP contribution is 2.56. The first-order chi connectivity index (χ1) is 28.4. The molecule has 2 heterocycles. The zero-order valence-electron chi connectivity index (χ0n) is 32.5. The SMILES string of the molecule is Cc1ccc2c(c1)C1CC\C(=C/C=C/C=C/C=C3\N(CC(O)CS(=O)(=O)O)c4ccc(S(=O)(=O)O)cc4C3(c3ccccc3)c3ccccc3)C1=[N+]2CC(O)CS(=O)(=O)O. The lowest BCUT2D eigenvalue weighted by atomic mass is 9.68. The van der Waals surface area contributed by atoms with Crippen LogP contribution in [0.15, 0.2) is 150 Å². The lowest BCUT2D eigenvalue weighted by molar-refractivity contribution is -0.448. The van der Waals surface area contributed by atoms with E-state index in [0.29, 0.717) is 28.1 Å². The van der Waals surface area contributed by atoms with Crippen LogP contribution in [0.2, 0.25) is 0 Å². The van der Waals surface area contributed by atoms with Gasteiger partial charge in [0.1, 0.15) is 17.6 Å². The van der Waals surface area contributed by atoms with E-state index in [1.807, 2.05) is 103 Å². The summed E-state index contributed by atoms with van der Waals surface area (Å²) in [6.07, 6.45) is 9.62. The van der Waals surface area contributed by atoms with Crippen LogP contribution in [0.25, 0.3) is 0 Å². The van der Waals surface area contributed by atoms with Crippen molar-refractivity contribution in [1.82, 2.24) is 0 Å². The fourth-order valence-corrected chi connectivity index (χ4v) is 10.5. The molecule has 3 atom stereocenters. The van der Waals surface area contributed by atoms with Crippen LogP contribution in [0.5, 0.6) is 0 Å². The maximum absolute atomic E-state index is 12.6. The molecule has 5 N–H and O–H groups in total. The van der Waals surface area contributed by atoms with E-state index in [1.165, 1.54) is 18.2 Å². The van der Waals surface area contributed by atoms with Crippen molar-refractivity contribution < 1.29 is 53.7 Å². The van der Waals surface area contributed by atoms with Crippen LogP contribution < -0.4 is 4.90 Å². The van der Waals surface area contributed by atoms with Crippen LogP contribution in [0.4, 0.5) is 11.4 Å². The average Bonchev–Trinajstić information content (AvgIpc) is 3.80. The summed E-state index contributed by atoms with van der Waals surface area (Å²) in [5.74, 6) is -1.69. The summed E-state index contributed by atoms with van der Waals surface area (Å²) in [4.78, 5) is 1.33. The molecule has 1 fully saturated rings. The van der Waals surface area contributed by atoms with Crippen molar-refractivity contribution in [2.24, 2.45) is 0 Å². The van der Waals surface area contributed by atoms with Gasteiger partial charge in [-0.05, 0) is 66.8 Å². The quantitative estimate of drug-likeness (QED) is 0.0605. The van der Waals surface area contributed by atoms with Gasteiger partial charge in [0.2, 0.25) is 5.69 Å². The predicted octanol–water partition coefficient (Wildman–Crippen LogP) is 5.49. The topological polar surface area (TPSA) is 210 Å². The number of benzene rings is 4. The number of hydrogen-bond donors (Lipinski definition) is 5. The van der Waals surface area contributed by atoms with Crippen LogP contribution in [-0.4, -0.2) is 96.2 Å². The number of allylic oxidation sites excluding steroid dienone is 8. The van der Waals surface area contributed by atoms with Gasteiger partial charge in [0.05, 0.1) is 22.3 Å². The highest BCUT2D eigenvalue weighted by atomic mass is 32.2. The number of rotatable bonds is 14. The number of aryl methyl sites for hydroxylation is 1. The monoisotopic (exact) mass is 873 g/mol. The van der Waals surface area contributed by atoms with Crippen molar-refractivity contribution >= 4 is 47.4 Å². The Balaban J connectivity index is 1.32. The number of nitrogens with zero attached hydrogens (tertiary/aromatic N) is 2. The first-order valence-electron chi connectivity index (χ1n) is 19.1. The summed E-state index contributed by atoms with van der Waals surface area (Å²) in [6, 6.07) is 28.6. The molecule has 1 aliphatic carbocycles. The summed E-state index contributed by atoms with van der Waals surface area (Å²) in [5.41, 5.74) is 6.59. The molecule has 0 aromatic heterocycles. The van der Waals surface area contributed by atoms with Crippen LogP contribution in [-0.2, 0) is 35.8 Å². The number of aliphatic hydroxyl groups excluding tert-OH is 2. The molecule has 60 heavy (non-hydrogen) atoms. The Kier molecular flexibility index (Phi) is 12.0. The van der Waals surface area contributed by atoms with Crippen LogP contribution >= 0.6 is 0 Å². The summed E-state index contributed by atoms with van der Waals surface area (Å²) in [7, 11) is -13.7. The number of fused-ring (bicyclic) bond motifs is 4. The average molecular weight is 874 g/mol. The molecule has 13 nitrogen and oxygen atoms in total. The molecule has 0 bridgehead atoms. The van der Waals surface area contributed by atoms with Gasteiger partial charge in [-0.25, -0.2) is 0 Å². The van der Waals surface area contributed by atoms with Crippen molar-refractivity contribution in [2.75, 3.05) is 29.5 Å². The Morgan fingerprint density at radius 3 is 1.95 bits per heavy atom. The van der Waals surface area contributed by atoms with Crippen molar-refractivity contribution in [2.45, 2.75) is 48.2 Å². The zero-order chi connectivity index (χ0) is 43.0. The first-order valence-corrected chi connectivity index (χ1v) is 23.8. The smallest absolute Gasteiger partial charge is 0.294 e. The van der Waals surface area contributed by atoms with Gasteiger partial charge < -0.3 is 15.1 Å². The third-order valence-corrected chi connectivity index (χ3v) is 13.5. The fourth-order valence-electron chi connectivity index (χ4n) is 8.85. The summed E-state index contributed by atoms with van der Waals surface area (Å²) in [5, 5.41) is 21.7. The van der Waals surface area contributed by atoms with E-state index in [4.69, 9.17) is 0 Å². The summed E-state index contributed by atoms with van der Waals surface area (Å²) in [6.45, 7) is 1.67. The van der Waals surface area contributed by atoms with Gasteiger partial charge >= 0.3 is 0 Å². The van der Waals surface area contributed by atoms with Gasteiger partial charge in [0.15, 0.2) is 12.3 Å². The minimum Gasteiger partial charge on any atom is -0.390 e. The second-order valence-corrected chi connectivity index (χ2v) is 19.6. The second kappa shape index (κ2) is 16.8. The standard InChI is InChI=1S/C44H44N2O11S3/c1-30-18-22-40-38(24-30)37-21-19-31(43(37)46(40)27-35(48)29-59(52,53)54)12-6-2-3-11-17-42-44(32-13-7-4-8-14-32,33-15-9-5-10-16-33)39-25-36(60(55,56)57)20-23-41(39)45(42)26-34(47)28-58(49,50)51/h2-18,20,22-25,34-35,37,47-48H,19,21,26-29H2,1H3,(H2-,49,50,51,52,53,54,55,56,57)/p+1. The molecule has 0 radical (unpaired) electrons. The van der Waals surface area contributed by atoms with Gasteiger partial charge in [0.25, 0.3) is 30.4 Å². The Morgan fingerprint density at radius 1 is 0.750 bits per heavy atom. The van der Waals surface area contributed by atoms with Crippen LogP contribution in [0.3, 0.4) is 0 Å². The largest absolute Gasteiger partial charge is 0.390 e. The molecule has 4 aromatic carbocycles. The van der Waals surface area contributed by atoms with Gasteiger partial charge in [-0.15, -0.1) is 0 Å². The lowest BCUT2D eigenvalue weighted by Gasteiger charge is -2.35. The maximum atomic E-state index is 12.6. The van der Waals surface area contributed by atoms with Gasteiger partial charge in [0, 0.05) is 35.1 Å². The normalized spacial score (nSPS) is 20.0. The minimum absolute atomic E-state index is 0.0235. The molecule has 3 unspecified atom stereocenters. The Bertz CT molecular complexity index is 2760. The molecule has 2 aliphatic heterocycles. The molecule has 16 heteroatoms. The van der Waals surface area contributed by atoms with Crippen molar-refractivity contribution in [3.05, 3.63) is 173 Å². The second-order valence-electron chi connectivity index (χ2n) is 15.2. The van der Waals surface area contributed by atoms with Crippen LogP contribution in [0.1, 0.15) is 46.6 Å². The van der Waals surface area contributed by atoms with E-state index in [-0.39, 0.29) is 23.9 Å². The molecular formula is C44H45N2O11S3+. The van der Waals surface area contributed by atoms with E-state index >= 15 is 0 Å². The summed E-state index contributed by atoms with van der Waals surface area (Å²) >= 11 is 0. The molecule has 1 saturated carbocycles. The maximum Gasteiger partial charge on any atom is 0.294 e. The molecule has 0 saturated heterocycles. The highest BCUT2D eigenvalue weighted by Gasteiger charge is 2.51. The van der Waals surface area contributed by atoms with E-state index in [0.717, 1.165) is 40.9 Å². The van der Waals surface area contributed by atoms with Crippen LogP contribution in [0, 0.1) is 6.92 Å². The molecule has 0 spiro atoms. The Morgan fingerprint density at radius 2 is 1.35 bits per heavy atom. The van der Waals surface area contributed by atoms with E-state index in [1.54, 1.807) is 23.1 Å². The third-order valence-electron chi connectivity index (χ3n) is 11.0. The molecule has 0 amide bonds. The number of hydrogen-bond acceptors (Lipinski definition) is 9. The minimum atomic E-state index is -4.67. The number of aliphatic hydroxyl groups is 2. The lowest BCUT2D eigenvalue weighted by Crippen LogP contribution is -2.39. The molecule has 3 aliphatic rings. The molecular weight excluding hydrogens is 829 g/mol. The highest BCUT2D eigenvalue weighted by molar-refractivity contribution is 7.86. The van der Waals surface area contributed by atoms with Crippen molar-refractivity contribution in [1.29, 1.82) is 0 Å². The molecule has 314 valence electrons. The van der Waals surface area contributed by atoms with Gasteiger partial charge in [-0.1, -0.05) is 103 Å². The van der Waals surface area contributed by atoms with Gasteiger partial charge in [-0.2, -0.15) is 29.8 Å². The molecule has 4 aromatic rings. The first kappa shape index (κ1) is 43.1.